The van der Waals surface area contributed by atoms with Gasteiger partial charge in [-0.1, -0.05) is 141 Å². The van der Waals surface area contributed by atoms with E-state index in [1.165, 1.54) is 54.6 Å². The average molecular weight is 575 g/mol. The number of hydrogen-bond donors (Lipinski definition) is 0. The molecule has 9 rings (SSSR count). The summed E-state index contributed by atoms with van der Waals surface area (Å²) in [5, 5.41) is 7.42. The van der Waals surface area contributed by atoms with Crippen LogP contribution in [0.25, 0.3) is 77.3 Å². The van der Waals surface area contributed by atoms with Crippen molar-refractivity contribution in [2.75, 3.05) is 0 Å². The molecule has 0 spiro atoms. The van der Waals surface area contributed by atoms with Gasteiger partial charge in [-0.15, -0.1) is 0 Å². The number of nitrogens with zero attached hydrogens (tertiary/aromatic N) is 2. The summed E-state index contributed by atoms with van der Waals surface area (Å²) < 4.78 is 0. The average Bonchev–Trinajstić information content (AvgIpc) is 3.34. The number of rotatable bonds is 3. The third kappa shape index (κ3) is 3.96. The first kappa shape index (κ1) is 25.9. The highest BCUT2D eigenvalue weighted by Gasteiger charge is 2.37. The second-order valence-electron chi connectivity index (χ2n) is 12.6. The Kier molecular flexibility index (Phi) is 5.58. The van der Waals surface area contributed by atoms with E-state index in [0.717, 1.165) is 33.9 Å². The van der Waals surface area contributed by atoms with Crippen molar-refractivity contribution in [1.29, 1.82) is 0 Å². The maximum Gasteiger partial charge on any atom is 0.160 e. The Hall–Kier alpha value is -5.60. The topological polar surface area (TPSA) is 25.8 Å². The lowest BCUT2D eigenvalue weighted by Gasteiger charge is -2.23. The normalized spacial score (nSPS) is 13.3. The molecule has 45 heavy (non-hydrogen) atoms. The molecule has 0 unspecified atom stereocenters. The van der Waals surface area contributed by atoms with Crippen molar-refractivity contribution < 1.29 is 0 Å². The smallest absolute Gasteiger partial charge is 0.160 e. The number of fused-ring (bicyclic) bond motifs is 8. The van der Waals surface area contributed by atoms with E-state index in [1.807, 2.05) is 6.07 Å². The van der Waals surface area contributed by atoms with Crippen LogP contribution < -0.4 is 0 Å². The Morgan fingerprint density at radius 3 is 1.91 bits per heavy atom. The van der Waals surface area contributed by atoms with Crippen molar-refractivity contribution >= 4 is 32.3 Å². The molecule has 0 aliphatic heterocycles. The van der Waals surface area contributed by atoms with Gasteiger partial charge in [-0.3, -0.25) is 0 Å². The lowest BCUT2D eigenvalue weighted by Crippen LogP contribution is -2.15. The molecule has 0 radical (unpaired) electrons. The summed E-state index contributed by atoms with van der Waals surface area (Å²) in [4.78, 5) is 10.5. The van der Waals surface area contributed by atoms with Crippen molar-refractivity contribution in [2.45, 2.75) is 19.3 Å². The predicted octanol–water partition coefficient (Wildman–Crippen LogP) is 11.2. The summed E-state index contributed by atoms with van der Waals surface area (Å²) in [6, 6.07) is 52.3. The first-order chi connectivity index (χ1) is 22.1. The zero-order chi connectivity index (χ0) is 30.1. The largest absolute Gasteiger partial charge is 0.228 e. The van der Waals surface area contributed by atoms with Gasteiger partial charge in [0.25, 0.3) is 0 Å². The van der Waals surface area contributed by atoms with Crippen LogP contribution in [0.15, 0.2) is 146 Å². The third-order valence-corrected chi connectivity index (χ3v) is 9.66. The van der Waals surface area contributed by atoms with E-state index in [-0.39, 0.29) is 5.41 Å². The SMILES string of the molecule is CC1(C)c2ccccc2-c2c1cc(-c1cc(-c3ccc4ccc5ccccc5c4c3)nc(-c3ccccc3)n1)c1ccccc21. The van der Waals surface area contributed by atoms with E-state index in [0.29, 0.717) is 0 Å². The molecule has 1 aliphatic carbocycles. The van der Waals surface area contributed by atoms with Gasteiger partial charge in [0.2, 0.25) is 0 Å². The molecule has 8 aromatic rings. The van der Waals surface area contributed by atoms with E-state index in [9.17, 15) is 0 Å². The standard InChI is InChI=1S/C43H30N2/c1-43(2)37-19-11-10-18-34(37)41-33-17-9-8-16-32(33)36(25-38(41)43)40-26-39(44-42(45-40)29-13-4-3-5-14-29)30-23-22-28-21-20-27-12-6-7-15-31(27)35(28)24-30/h3-26H,1-2H3. The van der Waals surface area contributed by atoms with Crippen LogP contribution in [0.4, 0.5) is 0 Å². The second-order valence-corrected chi connectivity index (χ2v) is 12.6. The van der Waals surface area contributed by atoms with Gasteiger partial charge in [0.15, 0.2) is 5.82 Å². The van der Waals surface area contributed by atoms with Crippen molar-refractivity contribution in [3.63, 3.8) is 0 Å². The highest BCUT2D eigenvalue weighted by atomic mass is 14.9. The molecule has 1 heterocycles. The van der Waals surface area contributed by atoms with Crippen LogP contribution in [0.5, 0.6) is 0 Å². The molecule has 1 aromatic heterocycles. The maximum atomic E-state index is 5.27. The Labute approximate surface area is 262 Å². The summed E-state index contributed by atoms with van der Waals surface area (Å²) in [7, 11) is 0. The first-order valence-electron chi connectivity index (χ1n) is 15.6. The highest BCUT2D eigenvalue weighted by molar-refractivity contribution is 6.10. The lowest BCUT2D eigenvalue weighted by molar-refractivity contribution is 0.661. The van der Waals surface area contributed by atoms with Gasteiger partial charge in [-0.05, 0) is 72.8 Å². The third-order valence-electron chi connectivity index (χ3n) is 9.66. The zero-order valence-corrected chi connectivity index (χ0v) is 25.3. The Balaban J connectivity index is 1.33. The first-order valence-corrected chi connectivity index (χ1v) is 15.6. The minimum atomic E-state index is -0.123. The molecule has 212 valence electrons. The van der Waals surface area contributed by atoms with Crippen molar-refractivity contribution in [3.05, 3.63) is 157 Å². The lowest BCUT2D eigenvalue weighted by atomic mass is 9.81. The number of benzene rings is 7. The van der Waals surface area contributed by atoms with Crippen molar-refractivity contribution in [2.24, 2.45) is 0 Å². The fraction of sp³-hybridized carbons (Fsp3) is 0.0698. The molecule has 0 amide bonds. The van der Waals surface area contributed by atoms with Gasteiger partial charge in [0.05, 0.1) is 11.4 Å². The van der Waals surface area contributed by atoms with E-state index in [2.05, 4.69) is 153 Å². The van der Waals surface area contributed by atoms with E-state index >= 15 is 0 Å². The van der Waals surface area contributed by atoms with Crippen LogP contribution >= 0.6 is 0 Å². The zero-order valence-electron chi connectivity index (χ0n) is 25.3. The van der Waals surface area contributed by atoms with Crippen molar-refractivity contribution in [3.8, 4) is 45.0 Å². The maximum absolute atomic E-state index is 5.27. The fourth-order valence-electron chi connectivity index (χ4n) is 7.37. The number of aromatic nitrogens is 2. The molecular weight excluding hydrogens is 544 g/mol. The molecule has 0 saturated heterocycles. The summed E-state index contributed by atoms with van der Waals surface area (Å²) in [5.41, 5.74) is 10.3. The van der Waals surface area contributed by atoms with E-state index < -0.39 is 0 Å². The summed E-state index contributed by atoms with van der Waals surface area (Å²) >= 11 is 0. The molecule has 0 bridgehead atoms. The van der Waals surface area contributed by atoms with Gasteiger partial charge in [0.1, 0.15) is 0 Å². The quantitative estimate of drug-likeness (QED) is 0.196. The molecule has 7 aromatic carbocycles. The van der Waals surface area contributed by atoms with Gasteiger partial charge < -0.3 is 0 Å². The Bertz CT molecular complexity index is 2450. The summed E-state index contributed by atoms with van der Waals surface area (Å²) in [6.45, 7) is 4.69. The van der Waals surface area contributed by atoms with Crippen molar-refractivity contribution in [1.82, 2.24) is 9.97 Å². The van der Waals surface area contributed by atoms with Crippen LogP contribution in [0.1, 0.15) is 25.0 Å². The molecule has 2 heteroatoms. The minimum absolute atomic E-state index is 0.123. The summed E-state index contributed by atoms with van der Waals surface area (Å²) in [6.07, 6.45) is 0. The van der Waals surface area contributed by atoms with Gasteiger partial charge in [-0.2, -0.15) is 0 Å². The monoisotopic (exact) mass is 574 g/mol. The molecular formula is C43H30N2. The molecule has 0 saturated carbocycles. The molecule has 0 N–H and O–H groups in total. The molecule has 0 atom stereocenters. The van der Waals surface area contributed by atoms with Crippen LogP contribution in [0, 0.1) is 0 Å². The molecule has 1 aliphatic rings. The number of hydrogen-bond acceptors (Lipinski definition) is 2. The predicted molar refractivity (Wildman–Crippen MR) is 188 cm³/mol. The van der Waals surface area contributed by atoms with Crippen LogP contribution in [-0.2, 0) is 5.41 Å². The van der Waals surface area contributed by atoms with Gasteiger partial charge >= 0.3 is 0 Å². The molecule has 2 nitrogen and oxygen atoms in total. The van der Waals surface area contributed by atoms with E-state index in [1.54, 1.807) is 0 Å². The van der Waals surface area contributed by atoms with Gasteiger partial charge in [0, 0.05) is 22.1 Å². The highest BCUT2D eigenvalue weighted by Crippen LogP contribution is 2.53. The Morgan fingerprint density at radius 2 is 1.07 bits per heavy atom. The van der Waals surface area contributed by atoms with E-state index in [4.69, 9.17) is 9.97 Å². The van der Waals surface area contributed by atoms with Crippen LogP contribution in [-0.4, -0.2) is 9.97 Å². The molecule has 0 fully saturated rings. The van der Waals surface area contributed by atoms with Crippen LogP contribution in [0.2, 0.25) is 0 Å². The van der Waals surface area contributed by atoms with Gasteiger partial charge in [-0.25, -0.2) is 9.97 Å². The minimum Gasteiger partial charge on any atom is -0.228 e. The van der Waals surface area contributed by atoms with Crippen LogP contribution in [0.3, 0.4) is 0 Å². The fourth-order valence-corrected chi connectivity index (χ4v) is 7.37. The Morgan fingerprint density at radius 1 is 0.422 bits per heavy atom. The second kappa shape index (κ2) is 9.70. The summed E-state index contributed by atoms with van der Waals surface area (Å²) in [5.74, 6) is 0.730.